The van der Waals surface area contributed by atoms with Crippen LogP contribution in [0, 0.1) is 5.95 Å². The molecule has 0 spiro atoms. The van der Waals surface area contributed by atoms with Gasteiger partial charge in [-0.1, -0.05) is 0 Å². The molecule has 0 saturated carbocycles. The minimum atomic E-state index is -0.971. The molecular weight excluding hydrogens is 345 g/mol. The molecule has 2 aromatic heterocycles. The normalized spacial score (nSPS) is 19.1. The van der Waals surface area contributed by atoms with Gasteiger partial charge in [-0.15, -0.1) is 0 Å². The summed E-state index contributed by atoms with van der Waals surface area (Å²) >= 11 is 3.26. The molecule has 0 aromatic carbocycles. The van der Waals surface area contributed by atoms with Gasteiger partial charge in [0.05, 0.1) is 6.20 Å². The molecule has 1 unspecified atom stereocenters. The van der Waals surface area contributed by atoms with Gasteiger partial charge in [0.15, 0.2) is 5.82 Å². The topological polar surface area (TPSA) is 96.8 Å². The van der Waals surface area contributed by atoms with E-state index >= 15 is 0 Å². The van der Waals surface area contributed by atoms with Gasteiger partial charge in [0, 0.05) is 19.0 Å². The number of anilines is 1. The van der Waals surface area contributed by atoms with Crippen LogP contribution in [0.1, 0.15) is 24.6 Å². The first-order valence-corrected chi connectivity index (χ1v) is 7.24. The Bertz CT molecular complexity index is 719. The van der Waals surface area contributed by atoms with E-state index in [4.69, 9.17) is 10.8 Å². The number of rotatable bonds is 1. The minimum Gasteiger partial charge on any atom is -0.465 e. The molecule has 1 aliphatic heterocycles. The molecule has 21 heavy (non-hydrogen) atoms. The number of hydrogen-bond acceptors (Lipinski definition) is 4. The van der Waals surface area contributed by atoms with Gasteiger partial charge in [-0.2, -0.15) is 4.39 Å². The fourth-order valence-corrected chi connectivity index (χ4v) is 3.29. The molecule has 9 heteroatoms. The number of amides is 1. The van der Waals surface area contributed by atoms with Gasteiger partial charge in [-0.3, -0.25) is 4.40 Å². The number of hydrogen-bond donors (Lipinski definition) is 2. The first-order chi connectivity index (χ1) is 9.99. The molecule has 0 aliphatic carbocycles. The molecule has 3 N–H and O–H groups in total. The number of carbonyl (C=O) groups is 1. The van der Waals surface area contributed by atoms with E-state index in [9.17, 15) is 9.18 Å². The molecule has 112 valence electrons. The maximum absolute atomic E-state index is 14.1. The summed E-state index contributed by atoms with van der Waals surface area (Å²) in [6, 6.07) is 0. The molecule has 2 aromatic rings. The average molecular weight is 358 g/mol. The van der Waals surface area contributed by atoms with Crippen LogP contribution in [0.25, 0.3) is 5.52 Å². The van der Waals surface area contributed by atoms with Crippen LogP contribution in [-0.4, -0.2) is 43.6 Å². The molecule has 3 heterocycles. The van der Waals surface area contributed by atoms with Crippen LogP contribution in [0.2, 0.25) is 0 Å². The van der Waals surface area contributed by atoms with E-state index in [1.54, 1.807) is 0 Å². The van der Waals surface area contributed by atoms with Crippen LogP contribution in [0.5, 0.6) is 0 Å². The third-order valence-corrected chi connectivity index (χ3v) is 4.24. The average Bonchev–Trinajstić information content (AvgIpc) is 2.82. The van der Waals surface area contributed by atoms with E-state index in [1.165, 1.54) is 9.30 Å². The predicted molar refractivity (Wildman–Crippen MR) is 76.6 cm³/mol. The number of imidazole rings is 1. The zero-order chi connectivity index (χ0) is 15.1. The van der Waals surface area contributed by atoms with Crippen molar-refractivity contribution in [3.63, 3.8) is 0 Å². The molecule has 1 aliphatic rings. The number of nitrogens with zero attached hydrogens (tertiary/aromatic N) is 4. The minimum absolute atomic E-state index is 0.174. The standard InChI is InChI=1S/C12H13BrFN5O2/c13-9-8-10(15)16-4-7(14)19(8)11(17-9)6-2-1-3-18(5-6)12(20)21/h4,6H,1-3,5H2,(H2,15,16)(H,20,21). The van der Waals surface area contributed by atoms with Gasteiger partial charge in [0.25, 0.3) is 0 Å². The lowest BCUT2D eigenvalue weighted by Crippen LogP contribution is -2.38. The van der Waals surface area contributed by atoms with E-state index in [2.05, 4.69) is 25.9 Å². The molecule has 1 amide bonds. The Hall–Kier alpha value is -1.90. The number of carboxylic acid groups (broad SMARTS) is 1. The smallest absolute Gasteiger partial charge is 0.407 e. The van der Waals surface area contributed by atoms with Crippen molar-refractivity contribution >= 4 is 33.4 Å². The van der Waals surface area contributed by atoms with E-state index < -0.39 is 12.0 Å². The summed E-state index contributed by atoms with van der Waals surface area (Å²) < 4.78 is 15.8. The number of halogens is 2. The van der Waals surface area contributed by atoms with E-state index in [0.29, 0.717) is 35.5 Å². The molecular formula is C12H13BrFN5O2. The van der Waals surface area contributed by atoms with Gasteiger partial charge in [-0.05, 0) is 28.8 Å². The monoisotopic (exact) mass is 357 g/mol. The van der Waals surface area contributed by atoms with Crippen LogP contribution in [0.3, 0.4) is 0 Å². The predicted octanol–water partition coefficient (Wildman–Crippen LogP) is 2.07. The lowest BCUT2D eigenvalue weighted by Gasteiger charge is -2.30. The molecule has 1 fully saturated rings. The van der Waals surface area contributed by atoms with Crippen molar-refractivity contribution in [1.82, 2.24) is 19.3 Å². The van der Waals surface area contributed by atoms with Gasteiger partial charge in [0.1, 0.15) is 15.9 Å². The molecule has 0 radical (unpaired) electrons. The number of fused-ring (bicyclic) bond motifs is 1. The van der Waals surface area contributed by atoms with Crippen molar-refractivity contribution < 1.29 is 14.3 Å². The fraction of sp³-hybridized carbons (Fsp3) is 0.417. The van der Waals surface area contributed by atoms with Crippen molar-refractivity contribution in [3.05, 3.63) is 22.6 Å². The van der Waals surface area contributed by atoms with Crippen molar-refractivity contribution in [2.45, 2.75) is 18.8 Å². The molecule has 1 atom stereocenters. The first-order valence-electron chi connectivity index (χ1n) is 6.44. The second kappa shape index (κ2) is 5.14. The second-order valence-electron chi connectivity index (χ2n) is 4.98. The zero-order valence-electron chi connectivity index (χ0n) is 11.0. The lowest BCUT2D eigenvalue weighted by molar-refractivity contribution is 0.129. The second-order valence-corrected chi connectivity index (χ2v) is 5.73. The quantitative estimate of drug-likeness (QED) is 0.814. The Morgan fingerprint density at radius 1 is 1.57 bits per heavy atom. The third-order valence-electron chi connectivity index (χ3n) is 3.68. The van der Waals surface area contributed by atoms with Crippen LogP contribution >= 0.6 is 15.9 Å². The van der Waals surface area contributed by atoms with Crippen LogP contribution in [0.4, 0.5) is 15.0 Å². The van der Waals surface area contributed by atoms with Crippen molar-refractivity contribution in [2.75, 3.05) is 18.8 Å². The highest BCUT2D eigenvalue weighted by atomic mass is 79.9. The van der Waals surface area contributed by atoms with Crippen LogP contribution in [-0.2, 0) is 0 Å². The summed E-state index contributed by atoms with van der Waals surface area (Å²) in [5, 5.41) is 9.11. The van der Waals surface area contributed by atoms with E-state index in [-0.39, 0.29) is 11.7 Å². The molecule has 7 nitrogen and oxygen atoms in total. The summed E-state index contributed by atoms with van der Waals surface area (Å²) in [5.74, 6) is -0.104. The van der Waals surface area contributed by atoms with Crippen molar-refractivity contribution in [3.8, 4) is 0 Å². The largest absolute Gasteiger partial charge is 0.465 e. The maximum atomic E-state index is 14.1. The number of nitrogen functional groups attached to an aromatic ring is 1. The molecule has 3 rings (SSSR count). The number of aromatic nitrogens is 3. The summed E-state index contributed by atoms with van der Waals surface area (Å²) in [5.41, 5.74) is 6.14. The highest BCUT2D eigenvalue weighted by Crippen LogP contribution is 2.32. The highest BCUT2D eigenvalue weighted by Gasteiger charge is 2.29. The Morgan fingerprint density at radius 3 is 3.05 bits per heavy atom. The SMILES string of the molecule is Nc1ncc(F)n2c(C3CCCN(C(=O)O)C3)nc(Br)c12. The summed E-state index contributed by atoms with van der Waals surface area (Å²) in [7, 11) is 0. The maximum Gasteiger partial charge on any atom is 0.407 e. The van der Waals surface area contributed by atoms with Gasteiger partial charge >= 0.3 is 6.09 Å². The van der Waals surface area contributed by atoms with Crippen molar-refractivity contribution in [1.29, 1.82) is 0 Å². The molecule has 0 bridgehead atoms. The van der Waals surface area contributed by atoms with E-state index in [1.807, 2.05) is 0 Å². The molecule has 1 saturated heterocycles. The Kier molecular flexibility index (Phi) is 3.44. The summed E-state index contributed by atoms with van der Waals surface area (Å²) in [6.45, 7) is 0.783. The Labute approximate surface area is 127 Å². The third kappa shape index (κ3) is 2.31. The number of likely N-dealkylation sites (tertiary alicyclic amines) is 1. The number of piperidine rings is 1. The van der Waals surface area contributed by atoms with E-state index in [0.717, 1.165) is 12.6 Å². The Balaban J connectivity index is 2.09. The van der Waals surface area contributed by atoms with Gasteiger partial charge in [-0.25, -0.2) is 14.8 Å². The van der Waals surface area contributed by atoms with Gasteiger partial charge in [0.2, 0.25) is 5.95 Å². The Morgan fingerprint density at radius 2 is 2.33 bits per heavy atom. The summed E-state index contributed by atoms with van der Waals surface area (Å²) in [6.07, 6.45) is 1.53. The lowest BCUT2D eigenvalue weighted by atomic mass is 9.97. The highest BCUT2D eigenvalue weighted by molar-refractivity contribution is 9.10. The first kappa shape index (κ1) is 14.1. The zero-order valence-corrected chi connectivity index (χ0v) is 12.5. The number of nitrogens with two attached hydrogens (primary N) is 1. The fourth-order valence-electron chi connectivity index (χ4n) is 2.72. The van der Waals surface area contributed by atoms with Crippen LogP contribution in [0.15, 0.2) is 10.8 Å². The summed E-state index contributed by atoms with van der Waals surface area (Å²) in [4.78, 5) is 20.5. The van der Waals surface area contributed by atoms with Crippen molar-refractivity contribution in [2.24, 2.45) is 0 Å². The van der Waals surface area contributed by atoms with Gasteiger partial charge < -0.3 is 15.7 Å². The van der Waals surface area contributed by atoms with Crippen LogP contribution < -0.4 is 5.73 Å².